The van der Waals surface area contributed by atoms with Gasteiger partial charge in [-0.2, -0.15) is 19.5 Å². The second kappa shape index (κ2) is 5.69. The Bertz CT molecular complexity index is 917. The highest BCUT2D eigenvalue weighted by atomic mass is 16.5. The van der Waals surface area contributed by atoms with Gasteiger partial charge in [-0.15, -0.1) is 5.10 Å². The molecule has 2 aromatic heterocycles. The van der Waals surface area contributed by atoms with Crippen LogP contribution in [0, 0.1) is 0 Å². The second-order valence-electron chi connectivity index (χ2n) is 5.28. The molecule has 0 fully saturated rings. The monoisotopic (exact) mass is 325 g/mol. The molecule has 4 N–H and O–H groups in total. The quantitative estimate of drug-likeness (QED) is 0.653. The molecule has 1 aliphatic rings. The van der Waals surface area contributed by atoms with Crippen LogP contribution in [-0.4, -0.2) is 36.3 Å². The predicted octanol–water partition coefficient (Wildman–Crippen LogP) is 1.18. The Balaban J connectivity index is 1.58. The highest BCUT2D eigenvalue weighted by molar-refractivity contribution is 5.57. The molecule has 4 rings (SSSR count). The Labute approximate surface area is 136 Å². The predicted molar refractivity (Wildman–Crippen MR) is 87.0 cm³/mol. The second-order valence-corrected chi connectivity index (χ2v) is 5.28. The SMILES string of the molecule is Nc1nc(NCc2ccc(O)cc2)nc2nc(C3=CCCO3)nn12. The number of nitrogen functional groups attached to an aromatic ring is 1. The molecule has 3 heterocycles. The van der Waals surface area contributed by atoms with E-state index in [1.807, 2.05) is 18.2 Å². The highest BCUT2D eigenvalue weighted by Crippen LogP contribution is 2.20. The lowest BCUT2D eigenvalue weighted by atomic mass is 10.2. The van der Waals surface area contributed by atoms with Gasteiger partial charge in [0, 0.05) is 13.0 Å². The molecule has 1 aromatic carbocycles. The molecule has 0 unspecified atom stereocenters. The van der Waals surface area contributed by atoms with Crippen LogP contribution in [0.4, 0.5) is 11.9 Å². The van der Waals surface area contributed by atoms with Crippen molar-refractivity contribution in [3.63, 3.8) is 0 Å². The molecule has 0 saturated carbocycles. The third-order valence-corrected chi connectivity index (χ3v) is 3.55. The zero-order valence-electron chi connectivity index (χ0n) is 12.7. The number of nitrogens with zero attached hydrogens (tertiary/aromatic N) is 5. The van der Waals surface area contributed by atoms with E-state index >= 15 is 0 Å². The van der Waals surface area contributed by atoms with E-state index in [-0.39, 0.29) is 11.7 Å². The fourth-order valence-corrected chi connectivity index (χ4v) is 2.36. The molecule has 0 saturated heterocycles. The van der Waals surface area contributed by atoms with Crippen molar-refractivity contribution in [2.24, 2.45) is 0 Å². The third kappa shape index (κ3) is 2.67. The lowest BCUT2D eigenvalue weighted by Gasteiger charge is -2.06. The molecule has 122 valence electrons. The number of fused-ring (bicyclic) bond motifs is 1. The van der Waals surface area contributed by atoms with E-state index in [2.05, 4.69) is 25.4 Å². The van der Waals surface area contributed by atoms with Gasteiger partial charge in [0.15, 0.2) is 5.76 Å². The summed E-state index contributed by atoms with van der Waals surface area (Å²) < 4.78 is 6.83. The zero-order chi connectivity index (χ0) is 16.5. The van der Waals surface area contributed by atoms with Crippen LogP contribution in [0.2, 0.25) is 0 Å². The van der Waals surface area contributed by atoms with Crippen molar-refractivity contribution in [1.82, 2.24) is 24.6 Å². The smallest absolute Gasteiger partial charge is 0.259 e. The Hall–Kier alpha value is -3.36. The third-order valence-electron chi connectivity index (χ3n) is 3.55. The minimum Gasteiger partial charge on any atom is -0.508 e. The molecule has 0 spiro atoms. The molecular weight excluding hydrogens is 310 g/mol. The Morgan fingerprint density at radius 1 is 1.21 bits per heavy atom. The number of nitrogens with one attached hydrogen (secondary N) is 1. The number of phenols is 1. The van der Waals surface area contributed by atoms with Crippen LogP contribution in [0.25, 0.3) is 11.5 Å². The summed E-state index contributed by atoms with van der Waals surface area (Å²) in [5, 5.41) is 16.6. The van der Waals surface area contributed by atoms with Gasteiger partial charge in [0.1, 0.15) is 5.75 Å². The van der Waals surface area contributed by atoms with E-state index in [1.165, 1.54) is 4.52 Å². The van der Waals surface area contributed by atoms with Gasteiger partial charge in [-0.3, -0.25) is 0 Å². The number of hydrogen-bond acceptors (Lipinski definition) is 8. The number of hydrogen-bond donors (Lipinski definition) is 3. The lowest BCUT2D eigenvalue weighted by molar-refractivity contribution is 0.305. The van der Waals surface area contributed by atoms with E-state index in [4.69, 9.17) is 10.5 Å². The van der Waals surface area contributed by atoms with Crippen molar-refractivity contribution in [3.05, 3.63) is 41.7 Å². The van der Waals surface area contributed by atoms with Gasteiger partial charge in [0.25, 0.3) is 5.78 Å². The molecule has 0 amide bonds. The van der Waals surface area contributed by atoms with Crippen molar-refractivity contribution in [1.29, 1.82) is 0 Å². The van der Waals surface area contributed by atoms with Gasteiger partial charge in [0.2, 0.25) is 17.7 Å². The van der Waals surface area contributed by atoms with E-state index in [0.29, 0.717) is 36.5 Å². The summed E-state index contributed by atoms with van der Waals surface area (Å²) >= 11 is 0. The van der Waals surface area contributed by atoms with Crippen LogP contribution in [0.15, 0.2) is 30.3 Å². The first-order chi connectivity index (χ1) is 11.7. The van der Waals surface area contributed by atoms with Gasteiger partial charge in [-0.05, 0) is 23.8 Å². The molecule has 1 aliphatic heterocycles. The zero-order valence-corrected chi connectivity index (χ0v) is 12.7. The van der Waals surface area contributed by atoms with Gasteiger partial charge < -0.3 is 20.9 Å². The largest absolute Gasteiger partial charge is 0.508 e. The molecular formula is C15H15N7O2. The van der Waals surface area contributed by atoms with Gasteiger partial charge >= 0.3 is 0 Å². The standard InChI is InChI=1S/C15H15N7O2/c16-13-19-14(17-8-9-3-5-10(23)6-4-9)20-15-18-12(21-22(13)15)11-2-1-7-24-11/h2-6,23H,1,7-8H2,(H3,16,17,18,19,20,21). The fourth-order valence-electron chi connectivity index (χ4n) is 2.36. The van der Waals surface area contributed by atoms with Crippen LogP contribution in [0.1, 0.15) is 17.8 Å². The highest BCUT2D eigenvalue weighted by Gasteiger charge is 2.17. The number of rotatable bonds is 4. The first kappa shape index (κ1) is 14.2. The molecule has 0 aliphatic carbocycles. The van der Waals surface area contributed by atoms with Crippen LogP contribution >= 0.6 is 0 Å². The maximum absolute atomic E-state index is 9.29. The van der Waals surface area contributed by atoms with Crippen LogP contribution in [0.3, 0.4) is 0 Å². The first-order valence-electron chi connectivity index (χ1n) is 7.44. The summed E-state index contributed by atoms with van der Waals surface area (Å²) in [6.07, 6.45) is 2.77. The van der Waals surface area contributed by atoms with E-state index in [0.717, 1.165) is 12.0 Å². The van der Waals surface area contributed by atoms with Gasteiger partial charge in [0.05, 0.1) is 6.61 Å². The molecule has 3 aromatic rings. The van der Waals surface area contributed by atoms with E-state index in [1.54, 1.807) is 12.1 Å². The summed E-state index contributed by atoms with van der Waals surface area (Å²) in [4.78, 5) is 12.8. The minimum absolute atomic E-state index is 0.186. The lowest BCUT2D eigenvalue weighted by Crippen LogP contribution is -2.09. The van der Waals surface area contributed by atoms with Crippen molar-refractivity contribution in [2.75, 3.05) is 17.7 Å². The Kier molecular flexibility index (Phi) is 3.38. The maximum atomic E-state index is 9.29. The van der Waals surface area contributed by atoms with Crippen molar-refractivity contribution in [3.8, 4) is 5.75 Å². The number of aromatic hydroxyl groups is 1. The van der Waals surface area contributed by atoms with Gasteiger partial charge in [-0.1, -0.05) is 12.1 Å². The summed E-state index contributed by atoms with van der Waals surface area (Å²) in [5.41, 5.74) is 6.91. The van der Waals surface area contributed by atoms with Crippen molar-refractivity contribution >= 4 is 23.4 Å². The number of anilines is 2. The summed E-state index contributed by atoms with van der Waals surface area (Å²) in [6, 6.07) is 6.86. The first-order valence-corrected chi connectivity index (χ1v) is 7.44. The molecule has 0 atom stereocenters. The van der Waals surface area contributed by atoms with Crippen molar-refractivity contribution < 1.29 is 9.84 Å². The number of aromatic nitrogens is 5. The fraction of sp³-hybridized carbons (Fsp3) is 0.200. The number of benzene rings is 1. The molecule has 9 heteroatoms. The normalized spacial score (nSPS) is 13.8. The molecule has 0 radical (unpaired) electrons. The Morgan fingerprint density at radius 3 is 2.79 bits per heavy atom. The van der Waals surface area contributed by atoms with Crippen LogP contribution in [-0.2, 0) is 11.3 Å². The molecule has 9 nitrogen and oxygen atoms in total. The summed E-state index contributed by atoms with van der Waals surface area (Å²) in [6.45, 7) is 1.12. The summed E-state index contributed by atoms with van der Waals surface area (Å²) in [5.74, 6) is 2.20. The van der Waals surface area contributed by atoms with E-state index < -0.39 is 0 Å². The van der Waals surface area contributed by atoms with Crippen LogP contribution < -0.4 is 11.1 Å². The minimum atomic E-state index is 0.186. The molecule has 0 bridgehead atoms. The van der Waals surface area contributed by atoms with Gasteiger partial charge in [-0.25, -0.2) is 0 Å². The average Bonchev–Trinajstić information content (AvgIpc) is 3.23. The maximum Gasteiger partial charge on any atom is 0.259 e. The number of ether oxygens (including phenoxy) is 1. The summed E-state index contributed by atoms with van der Waals surface area (Å²) in [7, 11) is 0. The average molecular weight is 325 g/mol. The Morgan fingerprint density at radius 2 is 2.04 bits per heavy atom. The van der Waals surface area contributed by atoms with E-state index in [9.17, 15) is 5.11 Å². The number of phenolic OH excluding ortho intramolecular Hbond substituents is 1. The van der Waals surface area contributed by atoms with Crippen LogP contribution in [0.5, 0.6) is 5.75 Å². The van der Waals surface area contributed by atoms with Crippen molar-refractivity contribution in [2.45, 2.75) is 13.0 Å². The number of nitrogens with two attached hydrogens (primary N) is 1. The topological polar surface area (TPSA) is 123 Å². The molecule has 24 heavy (non-hydrogen) atoms.